The van der Waals surface area contributed by atoms with E-state index in [4.69, 9.17) is 5.11 Å². The van der Waals surface area contributed by atoms with Crippen LogP contribution in [0, 0.1) is 6.92 Å². The van der Waals surface area contributed by atoms with E-state index in [0.29, 0.717) is 5.82 Å². The maximum absolute atomic E-state index is 10.6. The zero-order valence-corrected chi connectivity index (χ0v) is 8.71. The van der Waals surface area contributed by atoms with Crippen molar-refractivity contribution in [2.75, 3.05) is 0 Å². The largest absolute Gasteiger partial charge is 0.478 e. The summed E-state index contributed by atoms with van der Waals surface area (Å²) in [7, 11) is 0. The van der Waals surface area contributed by atoms with E-state index in [0.717, 1.165) is 11.1 Å². The maximum atomic E-state index is 10.6. The number of aromatic nitrogens is 2. The van der Waals surface area contributed by atoms with Crippen molar-refractivity contribution in [3.63, 3.8) is 0 Å². The lowest BCUT2D eigenvalue weighted by molar-refractivity contribution is 0.0696. The van der Waals surface area contributed by atoms with Crippen LogP contribution >= 0.6 is 0 Å². The van der Waals surface area contributed by atoms with Crippen molar-refractivity contribution in [3.8, 4) is 11.4 Å². The number of nitrogens with zero attached hydrogens (tertiary/aromatic N) is 2. The van der Waals surface area contributed by atoms with Crippen LogP contribution in [0.2, 0.25) is 0 Å². The van der Waals surface area contributed by atoms with E-state index in [1.165, 1.54) is 12.4 Å². The summed E-state index contributed by atoms with van der Waals surface area (Å²) in [5.74, 6) is -0.486. The zero-order chi connectivity index (χ0) is 11.5. The Bertz CT molecular complexity index is 504. The van der Waals surface area contributed by atoms with E-state index < -0.39 is 5.97 Å². The van der Waals surface area contributed by atoms with Gasteiger partial charge in [-0.05, 0) is 6.92 Å². The quantitative estimate of drug-likeness (QED) is 0.831. The molecule has 0 aliphatic rings. The summed E-state index contributed by atoms with van der Waals surface area (Å²) in [5.41, 5.74) is 2.13. The molecule has 16 heavy (non-hydrogen) atoms. The van der Waals surface area contributed by atoms with E-state index in [2.05, 4.69) is 9.97 Å². The molecular formula is C12H10N2O2. The third-order valence-electron chi connectivity index (χ3n) is 2.21. The minimum Gasteiger partial charge on any atom is -0.478 e. The van der Waals surface area contributed by atoms with Crippen LogP contribution in [0.5, 0.6) is 0 Å². The molecule has 0 unspecified atom stereocenters. The van der Waals surface area contributed by atoms with Crippen LogP contribution < -0.4 is 0 Å². The lowest BCUT2D eigenvalue weighted by Crippen LogP contribution is -1.99. The topological polar surface area (TPSA) is 63.1 Å². The van der Waals surface area contributed by atoms with Crippen molar-refractivity contribution >= 4 is 5.97 Å². The Balaban J connectivity index is 2.34. The average molecular weight is 214 g/mol. The van der Waals surface area contributed by atoms with Gasteiger partial charge < -0.3 is 5.11 Å². The van der Waals surface area contributed by atoms with E-state index in [1.54, 1.807) is 0 Å². The van der Waals surface area contributed by atoms with Crippen LogP contribution in [0.15, 0.2) is 36.7 Å². The fourth-order valence-electron chi connectivity index (χ4n) is 1.29. The van der Waals surface area contributed by atoms with Gasteiger partial charge in [0, 0.05) is 18.0 Å². The highest BCUT2D eigenvalue weighted by Crippen LogP contribution is 2.14. The molecule has 0 saturated heterocycles. The highest BCUT2D eigenvalue weighted by Gasteiger charge is 2.05. The molecule has 0 amide bonds. The van der Waals surface area contributed by atoms with Crippen molar-refractivity contribution in [2.24, 2.45) is 0 Å². The standard InChI is InChI=1S/C12H10N2O2/c1-8-2-4-9(5-3-8)11-13-6-10(7-14-11)12(15)16/h2-7H,1H3,(H,15,16). The summed E-state index contributed by atoms with van der Waals surface area (Å²) in [6.07, 6.45) is 2.62. The minimum atomic E-state index is -1.02. The second kappa shape index (κ2) is 4.10. The first-order valence-electron chi connectivity index (χ1n) is 4.79. The molecule has 1 heterocycles. The normalized spacial score (nSPS) is 10.1. The number of carbonyl (C=O) groups is 1. The lowest BCUT2D eigenvalue weighted by atomic mass is 10.1. The van der Waals surface area contributed by atoms with Crippen molar-refractivity contribution in [1.82, 2.24) is 9.97 Å². The SMILES string of the molecule is Cc1ccc(-c2ncc(C(=O)O)cn2)cc1. The molecule has 0 aliphatic carbocycles. The van der Waals surface area contributed by atoms with Gasteiger partial charge in [-0.3, -0.25) is 0 Å². The monoisotopic (exact) mass is 214 g/mol. The summed E-state index contributed by atoms with van der Waals surface area (Å²) in [6.45, 7) is 2.00. The Morgan fingerprint density at radius 1 is 1.12 bits per heavy atom. The highest BCUT2D eigenvalue weighted by atomic mass is 16.4. The van der Waals surface area contributed by atoms with Gasteiger partial charge in [0.1, 0.15) is 0 Å². The number of aromatic carboxylic acids is 1. The van der Waals surface area contributed by atoms with Crippen molar-refractivity contribution < 1.29 is 9.90 Å². The molecule has 0 aliphatic heterocycles. The second-order valence-electron chi connectivity index (χ2n) is 3.47. The number of aryl methyl sites for hydroxylation is 1. The second-order valence-corrected chi connectivity index (χ2v) is 3.47. The van der Waals surface area contributed by atoms with Crippen LogP contribution in [-0.2, 0) is 0 Å². The van der Waals surface area contributed by atoms with Crippen molar-refractivity contribution in [2.45, 2.75) is 6.92 Å². The molecule has 1 aromatic carbocycles. The molecule has 4 heteroatoms. The molecule has 80 valence electrons. The number of benzene rings is 1. The van der Waals surface area contributed by atoms with Gasteiger partial charge in [0.2, 0.25) is 0 Å². The third-order valence-corrected chi connectivity index (χ3v) is 2.21. The zero-order valence-electron chi connectivity index (χ0n) is 8.71. The van der Waals surface area contributed by atoms with Crippen LogP contribution in [0.3, 0.4) is 0 Å². The van der Waals surface area contributed by atoms with Gasteiger partial charge >= 0.3 is 5.97 Å². The molecule has 0 atom stereocenters. The van der Waals surface area contributed by atoms with Crippen LogP contribution in [-0.4, -0.2) is 21.0 Å². The fourth-order valence-corrected chi connectivity index (χ4v) is 1.29. The number of carboxylic acid groups (broad SMARTS) is 1. The number of hydrogen-bond acceptors (Lipinski definition) is 3. The molecule has 0 fully saturated rings. The molecule has 2 aromatic rings. The van der Waals surface area contributed by atoms with Gasteiger partial charge in [-0.2, -0.15) is 0 Å². The summed E-state index contributed by atoms with van der Waals surface area (Å²) in [5, 5.41) is 8.70. The van der Waals surface area contributed by atoms with Gasteiger partial charge in [0.05, 0.1) is 5.56 Å². The Labute approximate surface area is 92.6 Å². The summed E-state index contributed by atoms with van der Waals surface area (Å²) in [4.78, 5) is 18.6. The summed E-state index contributed by atoms with van der Waals surface area (Å²) in [6, 6.07) is 7.74. The first-order chi connectivity index (χ1) is 7.66. The van der Waals surface area contributed by atoms with Crippen LogP contribution in [0.4, 0.5) is 0 Å². The Hall–Kier alpha value is -2.23. The third kappa shape index (κ3) is 2.06. The predicted octanol–water partition coefficient (Wildman–Crippen LogP) is 2.15. The van der Waals surface area contributed by atoms with Gasteiger partial charge in [-0.1, -0.05) is 29.8 Å². The van der Waals surface area contributed by atoms with Gasteiger partial charge in [0.25, 0.3) is 0 Å². The van der Waals surface area contributed by atoms with E-state index in [1.807, 2.05) is 31.2 Å². The lowest BCUT2D eigenvalue weighted by Gasteiger charge is -2.00. The molecule has 0 saturated carbocycles. The van der Waals surface area contributed by atoms with Crippen molar-refractivity contribution in [1.29, 1.82) is 0 Å². The first kappa shape index (κ1) is 10.3. The van der Waals surface area contributed by atoms with Gasteiger partial charge in [-0.15, -0.1) is 0 Å². The number of carboxylic acids is 1. The van der Waals surface area contributed by atoms with Gasteiger partial charge in [0.15, 0.2) is 5.82 Å². The molecular weight excluding hydrogens is 204 g/mol. The van der Waals surface area contributed by atoms with Crippen molar-refractivity contribution in [3.05, 3.63) is 47.8 Å². The predicted molar refractivity (Wildman–Crippen MR) is 59.2 cm³/mol. The molecule has 0 radical (unpaired) electrons. The molecule has 4 nitrogen and oxygen atoms in total. The Kier molecular flexibility index (Phi) is 2.64. The molecule has 0 bridgehead atoms. The molecule has 2 rings (SSSR count). The number of hydrogen-bond donors (Lipinski definition) is 1. The maximum Gasteiger partial charge on any atom is 0.338 e. The van der Waals surface area contributed by atoms with Crippen LogP contribution in [0.1, 0.15) is 15.9 Å². The van der Waals surface area contributed by atoms with E-state index in [-0.39, 0.29) is 5.56 Å². The van der Waals surface area contributed by atoms with E-state index >= 15 is 0 Å². The molecule has 1 aromatic heterocycles. The minimum absolute atomic E-state index is 0.0934. The Morgan fingerprint density at radius 2 is 1.69 bits per heavy atom. The van der Waals surface area contributed by atoms with Crippen LogP contribution in [0.25, 0.3) is 11.4 Å². The van der Waals surface area contributed by atoms with E-state index in [9.17, 15) is 4.79 Å². The summed E-state index contributed by atoms with van der Waals surface area (Å²) >= 11 is 0. The number of rotatable bonds is 2. The molecule has 0 spiro atoms. The first-order valence-corrected chi connectivity index (χ1v) is 4.79. The van der Waals surface area contributed by atoms with Gasteiger partial charge in [-0.25, -0.2) is 14.8 Å². The highest BCUT2D eigenvalue weighted by molar-refractivity contribution is 5.86. The molecule has 1 N–H and O–H groups in total. The Morgan fingerprint density at radius 3 is 2.19 bits per heavy atom. The average Bonchev–Trinajstić information content (AvgIpc) is 2.30. The summed E-state index contributed by atoms with van der Waals surface area (Å²) < 4.78 is 0. The smallest absolute Gasteiger partial charge is 0.338 e. The fraction of sp³-hybridized carbons (Fsp3) is 0.0833.